The molecule has 0 aromatic heterocycles. The normalized spacial score (nSPS) is 14.8. The van der Waals surface area contributed by atoms with Gasteiger partial charge in [0.2, 0.25) is 21.8 Å². The lowest BCUT2D eigenvalue weighted by Crippen LogP contribution is -2.49. The molecular formula is C31H37ClN4O5S. The van der Waals surface area contributed by atoms with Gasteiger partial charge in [0.1, 0.15) is 6.04 Å². The van der Waals surface area contributed by atoms with Crippen molar-refractivity contribution in [2.75, 3.05) is 52.2 Å². The third-order valence-electron chi connectivity index (χ3n) is 7.08. The van der Waals surface area contributed by atoms with Crippen LogP contribution < -0.4 is 5.32 Å². The summed E-state index contributed by atoms with van der Waals surface area (Å²) in [4.78, 5) is 31.6. The molecule has 1 heterocycles. The minimum Gasteiger partial charge on any atom is -0.379 e. The molecule has 224 valence electrons. The van der Waals surface area contributed by atoms with Gasteiger partial charge in [-0.15, -0.1) is 0 Å². The molecule has 1 aliphatic rings. The van der Waals surface area contributed by atoms with Crippen LogP contribution in [0.25, 0.3) is 0 Å². The Labute approximate surface area is 253 Å². The fourth-order valence-corrected chi connectivity index (χ4v) is 5.65. The van der Waals surface area contributed by atoms with Gasteiger partial charge in [-0.2, -0.15) is 4.31 Å². The van der Waals surface area contributed by atoms with Gasteiger partial charge in [-0.05, 0) is 28.8 Å². The first-order valence-corrected chi connectivity index (χ1v) is 16.1. The Balaban J connectivity index is 1.63. The number of amides is 2. The van der Waals surface area contributed by atoms with E-state index in [2.05, 4.69) is 10.2 Å². The fourth-order valence-electron chi connectivity index (χ4n) is 4.80. The molecular weight excluding hydrogens is 576 g/mol. The van der Waals surface area contributed by atoms with E-state index in [1.165, 1.54) is 4.90 Å². The number of ether oxygens (including phenoxy) is 1. The van der Waals surface area contributed by atoms with Crippen molar-refractivity contribution in [2.24, 2.45) is 0 Å². The Morgan fingerprint density at radius 3 is 2.12 bits per heavy atom. The zero-order chi connectivity index (χ0) is 30.0. The molecule has 0 radical (unpaired) electrons. The number of carbonyl (C=O) groups is 2. The molecule has 1 unspecified atom stereocenters. The van der Waals surface area contributed by atoms with Crippen LogP contribution in [0.15, 0.2) is 84.9 Å². The van der Waals surface area contributed by atoms with Gasteiger partial charge in [0.15, 0.2) is 0 Å². The molecule has 3 aromatic rings. The molecule has 0 aliphatic carbocycles. The number of nitrogens with zero attached hydrogens (tertiary/aromatic N) is 3. The van der Waals surface area contributed by atoms with Crippen LogP contribution in [-0.4, -0.2) is 86.5 Å². The van der Waals surface area contributed by atoms with E-state index in [0.29, 0.717) is 36.9 Å². The predicted molar refractivity (Wildman–Crippen MR) is 163 cm³/mol. The third-order valence-corrected chi connectivity index (χ3v) is 8.52. The van der Waals surface area contributed by atoms with Gasteiger partial charge < -0.3 is 15.0 Å². The molecule has 1 fully saturated rings. The van der Waals surface area contributed by atoms with Crippen molar-refractivity contribution in [3.63, 3.8) is 0 Å². The first-order valence-electron chi connectivity index (χ1n) is 13.9. The van der Waals surface area contributed by atoms with E-state index < -0.39 is 28.5 Å². The summed E-state index contributed by atoms with van der Waals surface area (Å²) in [6.07, 6.45) is 1.08. The highest BCUT2D eigenvalue weighted by Gasteiger charge is 2.33. The zero-order valence-corrected chi connectivity index (χ0v) is 25.3. The SMILES string of the molecule is CS(=O)(=O)N(CC(=O)N(Cc1ccc(Cl)cc1)C(C(=O)NCCN1CCOCC1)c1ccccc1)Cc1ccccc1. The highest BCUT2D eigenvalue weighted by molar-refractivity contribution is 7.88. The van der Waals surface area contributed by atoms with Crippen molar-refractivity contribution >= 4 is 33.4 Å². The molecule has 0 bridgehead atoms. The molecule has 1 atom stereocenters. The summed E-state index contributed by atoms with van der Waals surface area (Å²) in [5, 5.41) is 3.56. The van der Waals surface area contributed by atoms with Gasteiger partial charge >= 0.3 is 0 Å². The molecule has 9 nitrogen and oxygen atoms in total. The summed E-state index contributed by atoms with van der Waals surface area (Å²) in [5.41, 5.74) is 2.13. The lowest BCUT2D eigenvalue weighted by molar-refractivity contribution is -0.141. The van der Waals surface area contributed by atoms with Crippen molar-refractivity contribution in [1.29, 1.82) is 0 Å². The number of morpholine rings is 1. The molecule has 4 rings (SSSR count). The van der Waals surface area contributed by atoms with Crippen molar-refractivity contribution in [2.45, 2.75) is 19.1 Å². The van der Waals surface area contributed by atoms with E-state index in [1.807, 2.05) is 48.5 Å². The van der Waals surface area contributed by atoms with Gasteiger partial charge in [0.05, 0.1) is 26.0 Å². The highest BCUT2D eigenvalue weighted by atomic mass is 35.5. The lowest BCUT2D eigenvalue weighted by atomic mass is 10.0. The average Bonchev–Trinajstić information content (AvgIpc) is 2.98. The van der Waals surface area contributed by atoms with Crippen LogP contribution in [0.2, 0.25) is 5.02 Å². The van der Waals surface area contributed by atoms with E-state index in [1.54, 1.807) is 36.4 Å². The Morgan fingerprint density at radius 2 is 1.50 bits per heavy atom. The standard InChI is InChI=1S/C31H37ClN4O5S/c1-42(39,40)35(22-25-8-4-2-5-9-25)24-29(37)36(23-26-12-14-28(32)15-13-26)30(27-10-6-3-7-11-27)31(38)33-16-17-34-18-20-41-21-19-34/h2-15,30H,16-24H2,1H3,(H,33,38). The zero-order valence-electron chi connectivity index (χ0n) is 23.7. The van der Waals surface area contributed by atoms with Crippen LogP contribution in [0.3, 0.4) is 0 Å². The van der Waals surface area contributed by atoms with Crippen LogP contribution >= 0.6 is 11.6 Å². The number of benzene rings is 3. The molecule has 3 aromatic carbocycles. The summed E-state index contributed by atoms with van der Waals surface area (Å²) in [5.74, 6) is -0.839. The van der Waals surface area contributed by atoms with Crippen molar-refractivity contribution in [3.05, 3.63) is 107 Å². The van der Waals surface area contributed by atoms with Gasteiger partial charge in [-0.25, -0.2) is 8.42 Å². The minimum atomic E-state index is -3.76. The number of hydrogen-bond acceptors (Lipinski definition) is 6. The maximum atomic E-state index is 14.1. The average molecular weight is 613 g/mol. The Morgan fingerprint density at radius 1 is 0.905 bits per heavy atom. The Bertz CT molecular complexity index is 1400. The molecule has 0 saturated carbocycles. The van der Waals surface area contributed by atoms with Crippen molar-refractivity contribution < 1.29 is 22.7 Å². The summed E-state index contributed by atoms with van der Waals surface area (Å²) in [7, 11) is -3.76. The second-order valence-corrected chi connectivity index (χ2v) is 12.6. The number of nitrogens with one attached hydrogen (secondary N) is 1. The van der Waals surface area contributed by atoms with Gasteiger partial charge in [-0.3, -0.25) is 14.5 Å². The number of halogens is 1. The maximum Gasteiger partial charge on any atom is 0.247 e. The first-order chi connectivity index (χ1) is 20.2. The Hall–Kier alpha value is -3.28. The summed E-state index contributed by atoms with van der Waals surface area (Å²) >= 11 is 6.11. The van der Waals surface area contributed by atoms with Gasteiger partial charge in [0.25, 0.3) is 0 Å². The largest absolute Gasteiger partial charge is 0.379 e. The monoisotopic (exact) mass is 612 g/mol. The van der Waals surface area contributed by atoms with Crippen molar-refractivity contribution in [3.8, 4) is 0 Å². The number of sulfonamides is 1. The quantitative estimate of drug-likeness (QED) is 0.318. The van der Waals surface area contributed by atoms with Gasteiger partial charge in [0, 0.05) is 44.3 Å². The molecule has 42 heavy (non-hydrogen) atoms. The van der Waals surface area contributed by atoms with Crippen LogP contribution in [-0.2, 0) is 37.4 Å². The van der Waals surface area contributed by atoms with E-state index in [0.717, 1.165) is 34.8 Å². The van der Waals surface area contributed by atoms with E-state index >= 15 is 0 Å². The lowest BCUT2D eigenvalue weighted by Gasteiger charge is -2.33. The van der Waals surface area contributed by atoms with E-state index in [9.17, 15) is 18.0 Å². The van der Waals surface area contributed by atoms with Crippen LogP contribution in [0, 0.1) is 0 Å². The maximum absolute atomic E-state index is 14.1. The second-order valence-electron chi connectivity index (χ2n) is 10.2. The molecule has 1 aliphatic heterocycles. The fraction of sp³-hybridized carbons (Fsp3) is 0.355. The number of carbonyl (C=O) groups excluding carboxylic acids is 2. The molecule has 0 spiro atoms. The third kappa shape index (κ3) is 9.37. The van der Waals surface area contributed by atoms with E-state index in [4.69, 9.17) is 16.3 Å². The molecule has 1 N–H and O–H groups in total. The second kappa shape index (κ2) is 15.3. The van der Waals surface area contributed by atoms with Crippen molar-refractivity contribution in [1.82, 2.24) is 19.4 Å². The molecule has 11 heteroatoms. The van der Waals surface area contributed by atoms with Crippen LogP contribution in [0.5, 0.6) is 0 Å². The van der Waals surface area contributed by atoms with Gasteiger partial charge in [-0.1, -0.05) is 84.4 Å². The molecule has 2 amide bonds. The van der Waals surface area contributed by atoms with Crippen LogP contribution in [0.1, 0.15) is 22.7 Å². The Kier molecular flexibility index (Phi) is 11.5. The minimum absolute atomic E-state index is 0.0297. The first kappa shape index (κ1) is 31.7. The summed E-state index contributed by atoms with van der Waals surface area (Å²) in [6, 6.07) is 24.2. The molecule has 1 saturated heterocycles. The summed E-state index contributed by atoms with van der Waals surface area (Å²) < 4.78 is 32.2. The van der Waals surface area contributed by atoms with Crippen LogP contribution in [0.4, 0.5) is 0 Å². The predicted octanol–water partition coefficient (Wildman–Crippen LogP) is 3.32. The summed E-state index contributed by atoms with van der Waals surface area (Å²) in [6.45, 7) is 3.63. The smallest absolute Gasteiger partial charge is 0.247 e. The topological polar surface area (TPSA) is 99.3 Å². The number of rotatable bonds is 13. The highest BCUT2D eigenvalue weighted by Crippen LogP contribution is 2.25. The number of hydrogen-bond donors (Lipinski definition) is 1. The van der Waals surface area contributed by atoms with E-state index in [-0.39, 0.29) is 19.0 Å².